The highest BCUT2D eigenvalue weighted by Gasteiger charge is 2.38. The molecule has 2 aliphatic rings. The molecule has 15 nitrogen and oxygen atoms in total. The zero-order chi connectivity index (χ0) is 35.5. The minimum atomic E-state index is -1.02. The number of carbonyl (C=O) groups is 2. The van der Waals surface area contributed by atoms with Crippen molar-refractivity contribution in [3.8, 4) is 11.3 Å². The van der Waals surface area contributed by atoms with Gasteiger partial charge in [-0.25, -0.2) is 9.48 Å². The number of hydrogen-bond acceptors (Lipinski definition) is 12. The van der Waals surface area contributed by atoms with E-state index in [4.69, 9.17) is 18.9 Å². The highest BCUT2D eigenvalue weighted by molar-refractivity contribution is 5.70. The summed E-state index contributed by atoms with van der Waals surface area (Å²) < 4.78 is 25.4. The Morgan fingerprint density at radius 3 is 2.47 bits per heavy atom. The predicted octanol–water partition coefficient (Wildman–Crippen LogP) is 2.15. The van der Waals surface area contributed by atoms with Crippen molar-refractivity contribution in [3.05, 3.63) is 68.1 Å². The van der Waals surface area contributed by atoms with Crippen LogP contribution in [0.5, 0.6) is 0 Å². The fourth-order valence-electron chi connectivity index (χ4n) is 6.38. The topological polar surface area (TPSA) is 197 Å². The average molecular weight is 684 g/mol. The van der Waals surface area contributed by atoms with Gasteiger partial charge in [-0.15, -0.1) is 5.10 Å². The average Bonchev–Trinajstić information content (AvgIpc) is 3.62. The molecule has 2 fully saturated rings. The van der Waals surface area contributed by atoms with E-state index < -0.39 is 42.3 Å². The number of nitrogens with one attached hydrogen (secondary N) is 1. The van der Waals surface area contributed by atoms with E-state index in [0.717, 1.165) is 18.4 Å². The van der Waals surface area contributed by atoms with Crippen LogP contribution in [0.3, 0.4) is 0 Å². The van der Waals surface area contributed by atoms with Crippen LogP contribution in [-0.2, 0) is 48.3 Å². The van der Waals surface area contributed by atoms with Crippen LogP contribution in [0.15, 0.2) is 40.1 Å². The molecule has 1 saturated carbocycles. The predicted molar refractivity (Wildman–Crippen MR) is 174 cm³/mol. The zero-order valence-electron chi connectivity index (χ0n) is 28.5. The number of nitrogens with zero attached hydrogens (tertiary/aromatic N) is 4. The van der Waals surface area contributed by atoms with Gasteiger partial charge in [-0.05, 0) is 36.7 Å². The number of rotatable bonds is 11. The van der Waals surface area contributed by atoms with Gasteiger partial charge in [-0.2, -0.15) is 0 Å². The number of aromatic amines is 1. The van der Waals surface area contributed by atoms with E-state index in [1.54, 1.807) is 6.92 Å². The minimum Gasteiger partial charge on any atom is -0.462 e. The lowest BCUT2D eigenvalue weighted by Crippen LogP contribution is -2.39. The maximum atomic E-state index is 12.7. The number of esters is 2. The Hall–Kier alpha value is -4.18. The minimum absolute atomic E-state index is 0.0443. The molecule has 15 heteroatoms. The van der Waals surface area contributed by atoms with Crippen molar-refractivity contribution >= 4 is 11.9 Å². The van der Waals surface area contributed by atoms with E-state index in [-0.39, 0.29) is 43.2 Å². The third-order valence-electron chi connectivity index (χ3n) is 9.23. The Morgan fingerprint density at radius 1 is 1.08 bits per heavy atom. The molecule has 6 atom stereocenters. The van der Waals surface area contributed by atoms with E-state index in [2.05, 4.69) is 36.1 Å². The van der Waals surface area contributed by atoms with Gasteiger partial charge in [0.2, 0.25) is 0 Å². The molecular weight excluding hydrogens is 638 g/mol. The Morgan fingerprint density at radius 2 is 1.80 bits per heavy atom. The van der Waals surface area contributed by atoms with E-state index in [0.29, 0.717) is 41.5 Å². The lowest BCUT2D eigenvalue weighted by atomic mass is 9.70. The van der Waals surface area contributed by atoms with Crippen molar-refractivity contribution in [2.45, 2.75) is 111 Å². The number of aliphatic hydroxyl groups excluding tert-OH is 2. The molecule has 0 spiro atoms. The van der Waals surface area contributed by atoms with Crippen LogP contribution in [0.4, 0.5) is 0 Å². The summed E-state index contributed by atoms with van der Waals surface area (Å²) in [6, 6.07) is 7.49. The summed E-state index contributed by atoms with van der Waals surface area (Å²) >= 11 is 0. The highest BCUT2D eigenvalue weighted by atomic mass is 16.6. The summed E-state index contributed by atoms with van der Waals surface area (Å²) in [5.74, 6) is -0.617. The molecule has 0 bridgehead atoms. The number of ether oxygens (including phenoxy) is 4. The SMILES string of the molecule is CC(=O)O[C@@H]1C[C@H](OCc2ccc(-c3nnn(CC(=O)OC[C@H]4O[C@@H](n5cc(C)c(=O)[nH]c5=O)CC4O)c3CO)cc2)C[C@H](C(C)(C)C)C1. The molecule has 0 amide bonds. The van der Waals surface area contributed by atoms with Crippen molar-refractivity contribution in [3.63, 3.8) is 0 Å². The third-order valence-corrected chi connectivity index (χ3v) is 9.23. The molecule has 3 heterocycles. The first kappa shape index (κ1) is 36.1. The van der Waals surface area contributed by atoms with Gasteiger partial charge in [-0.1, -0.05) is 50.3 Å². The van der Waals surface area contributed by atoms with Gasteiger partial charge in [0.25, 0.3) is 5.56 Å². The van der Waals surface area contributed by atoms with Gasteiger partial charge in [0.05, 0.1) is 31.1 Å². The molecule has 266 valence electrons. The molecule has 1 aliphatic heterocycles. The third kappa shape index (κ3) is 8.90. The largest absolute Gasteiger partial charge is 0.462 e. The van der Waals surface area contributed by atoms with Gasteiger partial charge in [0, 0.05) is 37.1 Å². The number of aliphatic hydroxyl groups is 2. The standard InChI is InChI=1S/C34H45N5O10/c1-19-14-38(33(45)35-32(19)44)29-13-27(42)28(49-29)18-47-30(43)15-39-26(16-40)31(36-37-39)22-8-6-21(7-9-22)17-46-24-10-23(34(3,4)5)11-25(12-24)48-20(2)41/h6-9,14,23-25,27-29,40,42H,10-13,15-18H2,1-5H3,(H,35,44,45)/t23-,24+,25-,27?,28+,29+/m0/s1. The number of aromatic nitrogens is 5. The van der Waals surface area contributed by atoms with Crippen molar-refractivity contribution in [2.75, 3.05) is 6.61 Å². The van der Waals surface area contributed by atoms with Gasteiger partial charge < -0.3 is 29.2 Å². The fourth-order valence-corrected chi connectivity index (χ4v) is 6.38. The first-order chi connectivity index (χ1) is 23.2. The summed E-state index contributed by atoms with van der Waals surface area (Å²) in [7, 11) is 0. The van der Waals surface area contributed by atoms with E-state index in [1.165, 1.54) is 22.4 Å². The van der Waals surface area contributed by atoms with Gasteiger partial charge in [-0.3, -0.25) is 23.9 Å². The summed E-state index contributed by atoms with van der Waals surface area (Å²) in [6.07, 6.45) is 0.821. The number of aryl methyl sites for hydroxylation is 1. The number of carbonyl (C=O) groups excluding carboxylic acids is 2. The van der Waals surface area contributed by atoms with Crippen LogP contribution >= 0.6 is 0 Å². The van der Waals surface area contributed by atoms with Gasteiger partial charge in [0.15, 0.2) is 0 Å². The first-order valence-corrected chi connectivity index (χ1v) is 16.4. The van der Waals surface area contributed by atoms with Gasteiger partial charge in [0.1, 0.15) is 37.3 Å². The molecule has 49 heavy (non-hydrogen) atoms. The summed E-state index contributed by atoms with van der Waals surface area (Å²) in [5.41, 5.74) is 1.55. The van der Waals surface area contributed by atoms with Gasteiger partial charge >= 0.3 is 17.6 Å². The van der Waals surface area contributed by atoms with Crippen molar-refractivity contribution in [1.29, 1.82) is 0 Å². The maximum absolute atomic E-state index is 12.7. The molecule has 5 rings (SSSR count). The fraction of sp³-hybridized carbons (Fsp3) is 0.588. The van der Waals surface area contributed by atoms with E-state index in [9.17, 15) is 29.4 Å². The van der Waals surface area contributed by atoms with Crippen molar-refractivity contribution in [2.24, 2.45) is 11.3 Å². The number of benzene rings is 1. The summed E-state index contributed by atoms with van der Waals surface area (Å²) in [6.45, 7) is 8.88. The van der Waals surface area contributed by atoms with Crippen LogP contribution in [0.1, 0.15) is 76.4 Å². The molecule has 1 saturated heterocycles. The maximum Gasteiger partial charge on any atom is 0.330 e. The lowest BCUT2D eigenvalue weighted by molar-refractivity contribution is -0.154. The first-order valence-electron chi connectivity index (χ1n) is 16.4. The van der Waals surface area contributed by atoms with Crippen LogP contribution in [0, 0.1) is 18.3 Å². The number of H-pyrrole nitrogens is 1. The van der Waals surface area contributed by atoms with E-state index >= 15 is 0 Å². The van der Waals surface area contributed by atoms with Crippen LogP contribution in [0.2, 0.25) is 0 Å². The molecule has 1 aromatic carbocycles. The molecule has 2 aromatic heterocycles. The van der Waals surface area contributed by atoms with E-state index in [1.807, 2.05) is 24.3 Å². The van der Waals surface area contributed by atoms with Crippen molar-refractivity contribution < 1.29 is 38.7 Å². The summed E-state index contributed by atoms with van der Waals surface area (Å²) in [5, 5.41) is 28.8. The normalized spacial score (nSPS) is 24.1. The van der Waals surface area contributed by atoms with Crippen LogP contribution in [0.25, 0.3) is 11.3 Å². The number of hydrogen-bond donors (Lipinski definition) is 3. The second kappa shape index (κ2) is 15.2. The van der Waals surface area contributed by atoms with Crippen LogP contribution in [-0.4, -0.2) is 77.7 Å². The monoisotopic (exact) mass is 683 g/mol. The second-order valence-corrected chi connectivity index (χ2v) is 13.9. The summed E-state index contributed by atoms with van der Waals surface area (Å²) in [4.78, 5) is 50.4. The quantitative estimate of drug-likeness (QED) is 0.250. The second-order valence-electron chi connectivity index (χ2n) is 13.9. The molecule has 3 aromatic rings. The Balaban J connectivity index is 1.15. The molecular formula is C34H45N5O10. The Labute approximate surface area is 283 Å². The smallest absolute Gasteiger partial charge is 0.330 e. The molecule has 1 unspecified atom stereocenters. The molecule has 1 aliphatic carbocycles. The van der Waals surface area contributed by atoms with Crippen molar-refractivity contribution in [1.82, 2.24) is 24.5 Å². The lowest BCUT2D eigenvalue weighted by Gasteiger charge is -2.40. The Kier molecular flexibility index (Phi) is 11.2. The highest BCUT2D eigenvalue weighted by Crippen LogP contribution is 2.40. The Bertz CT molecular complexity index is 1740. The molecule has 0 radical (unpaired) electrons. The molecule has 3 N–H and O–H groups in total. The van der Waals surface area contributed by atoms with Crippen LogP contribution < -0.4 is 11.2 Å². The zero-order valence-corrected chi connectivity index (χ0v) is 28.5.